The average Bonchev–Trinajstić information content (AvgIpc) is 3.40. The van der Waals surface area contributed by atoms with Gasteiger partial charge in [-0.15, -0.1) is 0 Å². The summed E-state index contributed by atoms with van der Waals surface area (Å²) < 4.78 is 8.99. The summed E-state index contributed by atoms with van der Waals surface area (Å²) in [5.41, 5.74) is 3.35. The average molecular weight is 514 g/mol. The highest BCUT2D eigenvalue weighted by atomic mass is 79.9. The number of carbonyl (C=O) groups excluding carboxylic acids is 1. The van der Waals surface area contributed by atoms with Crippen LogP contribution in [0.2, 0.25) is 0 Å². The smallest absolute Gasteiger partial charge is 0.361 e. The van der Waals surface area contributed by atoms with Crippen LogP contribution in [-0.2, 0) is 13.1 Å². The van der Waals surface area contributed by atoms with Gasteiger partial charge in [0.05, 0.1) is 40.0 Å². The van der Waals surface area contributed by atoms with Crippen molar-refractivity contribution in [3.05, 3.63) is 85.0 Å². The number of benzene rings is 1. The molecule has 4 rings (SSSR count). The molecular weight excluding hydrogens is 494 g/mol. The molecule has 12 heteroatoms. The number of rotatable bonds is 7. The molecule has 170 valence electrons. The minimum Gasteiger partial charge on any atom is -0.361 e. The van der Waals surface area contributed by atoms with Crippen LogP contribution in [-0.4, -0.2) is 35.5 Å². The fourth-order valence-corrected chi connectivity index (χ4v) is 3.79. The van der Waals surface area contributed by atoms with Gasteiger partial charge in [-0.05, 0) is 47.2 Å². The molecule has 0 saturated carbocycles. The third kappa shape index (κ3) is 4.85. The maximum Gasteiger partial charge on any atom is 0.390 e. The summed E-state index contributed by atoms with van der Waals surface area (Å²) in [6.45, 7) is 6.02. The Labute approximate surface area is 196 Å². The number of hydrogen-bond acceptors (Lipinski definition) is 7. The second-order valence-electron chi connectivity index (χ2n) is 7.59. The Morgan fingerprint density at radius 2 is 2.00 bits per heavy atom. The van der Waals surface area contributed by atoms with Gasteiger partial charge in [0.15, 0.2) is 11.5 Å². The number of aryl methyl sites for hydroxylation is 3. The Morgan fingerprint density at radius 3 is 2.70 bits per heavy atom. The lowest BCUT2D eigenvalue weighted by atomic mass is 10.1. The van der Waals surface area contributed by atoms with Crippen molar-refractivity contribution in [2.75, 3.05) is 5.32 Å². The number of nitro groups is 1. The van der Waals surface area contributed by atoms with E-state index in [2.05, 4.69) is 42.7 Å². The van der Waals surface area contributed by atoms with Crippen LogP contribution in [0, 0.1) is 30.9 Å². The first-order chi connectivity index (χ1) is 15.7. The van der Waals surface area contributed by atoms with Gasteiger partial charge in [-0.25, -0.2) is 0 Å². The predicted molar refractivity (Wildman–Crippen MR) is 122 cm³/mol. The molecule has 0 spiro atoms. The van der Waals surface area contributed by atoms with Crippen molar-refractivity contribution >= 4 is 33.5 Å². The Balaban J connectivity index is 1.53. The SMILES string of the molecule is Cc1cccc(Cn2cc(Br)c(NC(=O)c3noc(C)c3Cn3nc([N+](=O)[O-])cc3C)n2)c1. The van der Waals surface area contributed by atoms with E-state index in [1.165, 1.54) is 10.7 Å². The van der Waals surface area contributed by atoms with E-state index in [9.17, 15) is 14.9 Å². The molecule has 3 heterocycles. The molecule has 1 N–H and O–H groups in total. The number of halogens is 1. The van der Waals surface area contributed by atoms with E-state index >= 15 is 0 Å². The largest absolute Gasteiger partial charge is 0.390 e. The van der Waals surface area contributed by atoms with E-state index in [-0.39, 0.29) is 18.1 Å². The van der Waals surface area contributed by atoms with E-state index in [0.29, 0.717) is 33.9 Å². The molecule has 0 radical (unpaired) electrons. The van der Waals surface area contributed by atoms with Gasteiger partial charge < -0.3 is 20.0 Å². The number of hydrogen-bond donors (Lipinski definition) is 1. The fraction of sp³-hybridized carbons (Fsp3) is 0.238. The van der Waals surface area contributed by atoms with E-state index in [4.69, 9.17) is 4.52 Å². The van der Waals surface area contributed by atoms with Crippen molar-refractivity contribution in [2.24, 2.45) is 0 Å². The first-order valence-corrected chi connectivity index (χ1v) is 10.7. The predicted octanol–water partition coefficient (Wildman–Crippen LogP) is 4.01. The zero-order chi connectivity index (χ0) is 23.7. The molecule has 3 aromatic heterocycles. The summed E-state index contributed by atoms with van der Waals surface area (Å²) in [6, 6.07) is 9.44. The molecule has 1 aromatic carbocycles. The van der Waals surface area contributed by atoms with Crippen molar-refractivity contribution in [1.29, 1.82) is 0 Å². The van der Waals surface area contributed by atoms with Gasteiger partial charge >= 0.3 is 5.82 Å². The van der Waals surface area contributed by atoms with Crippen LogP contribution in [0.15, 0.2) is 45.5 Å². The Morgan fingerprint density at radius 1 is 1.21 bits per heavy atom. The Kier molecular flexibility index (Phi) is 6.09. The number of aromatic nitrogens is 5. The molecule has 0 aliphatic carbocycles. The van der Waals surface area contributed by atoms with E-state index in [1.807, 2.05) is 25.1 Å². The summed E-state index contributed by atoms with van der Waals surface area (Å²) in [4.78, 5) is 23.4. The quantitative estimate of drug-likeness (QED) is 0.291. The second kappa shape index (κ2) is 8.98. The van der Waals surface area contributed by atoms with Crippen LogP contribution >= 0.6 is 15.9 Å². The van der Waals surface area contributed by atoms with Gasteiger partial charge in [0, 0.05) is 6.20 Å². The number of anilines is 1. The highest BCUT2D eigenvalue weighted by molar-refractivity contribution is 9.10. The molecule has 0 atom stereocenters. The highest BCUT2D eigenvalue weighted by Crippen LogP contribution is 2.23. The second-order valence-corrected chi connectivity index (χ2v) is 8.45. The van der Waals surface area contributed by atoms with Crippen molar-refractivity contribution in [1.82, 2.24) is 24.7 Å². The van der Waals surface area contributed by atoms with Gasteiger partial charge in [0.2, 0.25) is 0 Å². The molecule has 4 aromatic rings. The lowest BCUT2D eigenvalue weighted by Gasteiger charge is -2.04. The van der Waals surface area contributed by atoms with Crippen molar-refractivity contribution in [2.45, 2.75) is 33.9 Å². The number of amides is 1. The molecule has 0 fully saturated rings. The first-order valence-electron chi connectivity index (χ1n) is 9.95. The lowest BCUT2D eigenvalue weighted by Crippen LogP contribution is -2.17. The van der Waals surface area contributed by atoms with Crippen molar-refractivity contribution < 1.29 is 14.2 Å². The van der Waals surface area contributed by atoms with Gasteiger partial charge in [-0.2, -0.15) is 9.78 Å². The van der Waals surface area contributed by atoms with Crippen LogP contribution in [0.5, 0.6) is 0 Å². The molecule has 0 saturated heterocycles. The topological polar surface area (TPSA) is 134 Å². The molecule has 0 unspecified atom stereocenters. The number of nitrogens with one attached hydrogen (secondary N) is 1. The fourth-order valence-electron chi connectivity index (χ4n) is 3.37. The summed E-state index contributed by atoms with van der Waals surface area (Å²) in [7, 11) is 0. The van der Waals surface area contributed by atoms with Crippen LogP contribution in [0.1, 0.15) is 38.6 Å². The third-order valence-electron chi connectivity index (χ3n) is 5.04. The monoisotopic (exact) mass is 513 g/mol. The Bertz CT molecular complexity index is 1350. The van der Waals surface area contributed by atoms with E-state index in [0.717, 1.165) is 11.1 Å². The highest BCUT2D eigenvalue weighted by Gasteiger charge is 2.25. The summed E-state index contributed by atoms with van der Waals surface area (Å²) in [6.07, 6.45) is 1.78. The molecule has 33 heavy (non-hydrogen) atoms. The van der Waals surface area contributed by atoms with Crippen LogP contribution in [0.4, 0.5) is 11.6 Å². The molecule has 1 amide bonds. The van der Waals surface area contributed by atoms with Crippen LogP contribution in [0.25, 0.3) is 0 Å². The Hall–Kier alpha value is -3.80. The zero-order valence-electron chi connectivity index (χ0n) is 18.1. The first kappa shape index (κ1) is 22.4. The van der Waals surface area contributed by atoms with E-state index < -0.39 is 10.8 Å². The lowest BCUT2D eigenvalue weighted by molar-refractivity contribution is -0.389. The molecular formula is C21H20BrN7O4. The van der Waals surface area contributed by atoms with Crippen LogP contribution < -0.4 is 5.32 Å². The minimum atomic E-state index is -0.567. The minimum absolute atomic E-state index is 0.0604. The van der Waals surface area contributed by atoms with Gasteiger partial charge in [0.1, 0.15) is 5.76 Å². The zero-order valence-corrected chi connectivity index (χ0v) is 19.7. The van der Waals surface area contributed by atoms with Crippen molar-refractivity contribution in [3.8, 4) is 0 Å². The van der Waals surface area contributed by atoms with Gasteiger partial charge in [0.25, 0.3) is 5.91 Å². The number of nitrogens with zero attached hydrogens (tertiary/aromatic N) is 6. The normalized spacial score (nSPS) is 11.0. The van der Waals surface area contributed by atoms with Gasteiger partial charge in [-0.1, -0.05) is 35.0 Å². The summed E-state index contributed by atoms with van der Waals surface area (Å²) in [5.74, 6) is -0.0229. The summed E-state index contributed by atoms with van der Waals surface area (Å²) >= 11 is 3.43. The standard InChI is InChI=1S/C21H20BrN7O4/c1-12-5-4-6-15(7-12)9-27-11-17(22)20(25-27)23-21(30)19-16(14(3)33-26-19)10-28-13(2)8-18(24-28)29(31)32/h4-8,11H,9-10H2,1-3H3,(H,23,25,30). The molecule has 11 nitrogen and oxygen atoms in total. The maximum absolute atomic E-state index is 13.0. The number of carbonyl (C=O) groups is 1. The molecule has 0 aliphatic rings. The third-order valence-corrected chi connectivity index (χ3v) is 5.62. The maximum atomic E-state index is 13.0. The molecule has 0 aliphatic heterocycles. The van der Waals surface area contributed by atoms with E-state index in [1.54, 1.807) is 24.7 Å². The van der Waals surface area contributed by atoms with Crippen molar-refractivity contribution in [3.63, 3.8) is 0 Å². The molecule has 0 bridgehead atoms. The van der Waals surface area contributed by atoms with Crippen LogP contribution in [0.3, 0.4) is 0 Å². The van der Waals surface area contributed by atoms with Gasteiger partial charge in [-0.3, -0.25) is 9.48 Å². The summed E-state index contributed by atoms with van der Waals surface area (Å²) in [5, 5.41) is 26.0.